The summed E-state index contributed by atoms with van der Waals surface area (Å²) in [4.78, 5) is 25.4. The van der Waals surface area contributed by atoms with E-state index in [1.165, 1.54) is 0 Å². The van der Waals surface area contributed by atoms with E-state index in [4.69, 9.17) is 0 Å². The molecule has 0 radical (unpaired) electrons. The summed E-state index contributed by atoms with van der Waals surface area (Å²) in [6.45, 7) is 3.74. The van der Waals surface area contributed by atoms with Crippen molar-refractivity contribution in [1.29, 1.82) is 0 Å². The molecule has 126 valence electrons. The SMILES string of the molecule is CCCCC(=O)N/N=C(/C)CC(=O)Nc1ccc(N(C)C)cc1. The molecule has 0 spiro atoms. The van der Waals surface area contributed by atoms with Crippen LogP contribution in [0.5, 0.6) is 0 Å². The number of hydrogen-bond donors (Lipinski definition) is 2. The van der Waals surface area contributed by atoms with Crippen LogP contribution in [0, 0.1) is 0 Å². The molecular formula is C17H26N4O2. The van der Waals surface area contributed by atoms with Gasteiger partial charge in [0.25, 0.3) is 0 Å². The molecule has 0 aliphatic rings. The number of rotatable bonds is 8. The fourth-order valence-corrected chi connectivity index (χ4v) is 1.87. The molecular weight excluding hydrogens is 292 g/mol. The molecule has 0 atom stereocenters. The Morgan fingerprint density at radius 2 is 1.78 bits per heavy atom. The molecule has 0 bridgehead atoms. The van der Waals surface area contributed by atoms with Gasteiger partial charge in [0.15, 0.2) is 0 Å². The van der Waals surface area contributed by atoms with Gasteiger partial charge in [-0.25, -0.2) is 5.43 Å². The van der Waals surface area contributed by atoms with Gasteiger partial charge in [0, 0.05) is 37.6 Å². The molecule has 0 saturated carbocycles. The van der Waals surface area contributed by atoms with Crippen molar-refractivity contribution in [2.75, 3.05) is 24.3 Å². The van der Waals surface area contributed by atoms with Crippen molar-refractivity contribution in [2.24, 2.45) is 5.10 Å². The molecule has 2 amide bonds. The summed E-state index contributed by atoms with van der Waals surface area (Å²) in [5.41, 5.74) is 4.84. The molecule has 0 aliphatic heterocycles. The molecule has 1 aromatic carbocycles. The van der Waals surface area contributed by atoms with Crippen molar-refractivity contribution in [3.8, 4) is 0 Å². The van der Waals surface area contributed by atoms with Crippen LogP contribution in [0.15, 0.2) is 29.4 Å². The molecule has 2 N–H and O–H groups in total. The summed E-state index contributed by atoms with van der Waals surface area (Å²) in [5.74, 6) is -0.280. The topological polar surface area (TPSA) is 73.8 Å². The lowest BCUT2D eigenvalue weighted by atomic mass is 10.2. The number of unbranched alkanes of at least 4 members (excludes halogenated alkanes) is 1. The zero-order chi connectivity index (χ0) is 17.2. The van der Waals surface area contributed by atoms with Gasteiger partial charge in [0.05, 0.1) is 6.42 Å². The lowest BCUT2D eigenvalue weighted by Crippen LogP contribution is -2.21. The number of benzene rings is 1. The van der Waals surface area contributed by atoms with Crippen LogP contribution in [0.4, 0.5) is 11.4 Å². The molecule has 23 heavy (non-hydrogen) atoms. The Morgan fingerprint density at radius 1 is 1.13 bits per heavy atom. The summed E-state index contributed by atoms with van der Waals surface area (Å²) in [5, 5.41) is 6.76. The van der Waals surface area contributed by atoms with Gasteiger partial charge < -0.3 is 10.2 Å². The highest BCUT2D eigenvalue weighted by atomic mass is 16.2. The monoisotopic (exact) mass is 318 g/mol. The normalized spacial score (nSPS) is 11.0. The molecule has 0 aliphatic carbocycles. The number of carbonyl (C=O) groups excluding carboxylic acids is 2. The Hall–Kier alpha value is -2.37. The third-order valence-corrected chi connectivity index (χ3v) is 3.21. The van der Waals surface area contributed by atoms with E-state index in [1.54, 1.807) is 6.92 Å². The molecule has 0 heterocycles. The van der Waals surface area contributed by atoms with Crippen molar-refractivity contribution >= 4 is 28.9 Å². The summed E-state index contributed by atoms with van der Waals surface area (Å²) < 4.78 is 0. The Bertz CT molecular complexity index is 550. The fraction of sp³-hybridized carbons (Fsp3) is 0.471. The number of anilines is 2. The van der Waals surface area contributed by atoms with Gasteiger partial charge in [-0.3, -0.25) is 9.59 Å². The Kier molecular flexibility index (Phi) is 7.80. The molecule has 1 aromatic rings. The minimum atomic E-state index is -0.160. The van der Waals surface area contributed by atoms with Gasteiger partial charge in [-0.15, -0.1) is 0 Å². The van der Waals surface area contributed by atoms with E-state index in [0.29, 0.717) is 12.1 Å². The molecule has 6 heteroatoms. The summed E-state index contributed by atoms with van der Waals surface area (Å²) in [6.07, 6.45) is 2.40. The average Bonchev–Trinajstić information content (AvgIpc) is 2.51. The third kappa shape index (κ3) is 7.44. The first kappa shape index (κ1) is 18.7. The minimum Gasteiger partial charge on any atom is -0.378 e. The molecule has 0 unspecified atom stereocenters. The van der Waals surface area contributed by atoms with Crippen LogP contribution in [0.25, 0.3) is 0 Å². The predicted octanol–water partition coefficient (Wildman–Crippen LogP) is 2.76. The van der Waals surface area contributed by atoms with Crippen LogP contribution in [-0.4, -0.2) is 31.6 Å². The first-order valence-corrected chi connectivity index (χ1v) is 7.81. The Balaban J connectivity index is 2.44. The van der Waals surface area contributed by atoms with Crippen LogP contribution >= 0.6 is 0 Å². The molecule has 0 saturated heterocycles. The van der Waals surface area contributed by atoms with E-state index in [1.807, 2.05) is 50.2 Å². The van der Waals surface area contributed by atoms with Crippen molar-refractivity contribution in [1.82, 2.24) is 5.43 Å². The first-order chi connectivity index (χ1) is 10.9. The summed E-state index contributed by atoms with van der Waals surface area (Å²) >= 11 is 0. The smallest absolute Gasteiger partial charge is 0.240 e. The van der Waals surface area contributed by atoms with Crippen molar-refractivity contribution in [3.05, 3.63) is 24.3 Å². The number of nitrogens with zero attached hydrogens (tertiary/aromatic N) is 2. The van der Waals surface area contributed by atoms with Crippen molar-refractivity contribution in [3.63, 3.8) is 0 Å². The number of carbonyl (C=O) groups is 2. The quantitative estimate of drug-likeness (QED) is 0.572. The van der Waals surface area contributed by atoms with E-state index in [-0.39, 0.29) is 18.2 Å². The maximum atomic E-state index is 11.9. The van der Waals surface area contributed by atoms with E-state index < -0.39 is 0 Å². The number of amides is 2. The lowest BCUT2D eigenvalue weighted by molar-refractivity contribution is -0.121. The highest BCUT2D eigenvalue weighted by molar-refractivity contribution is 6.05. The van der Waals surface area contributed by atoms with Crippen LogP contribution in [0.2, 0.25) is 0 Å². The van der Waals surface area contributed by atoms with Crippen molar-refractivity contribution in [2.45, 2.75) is 39.5 Å². The Labute approximate surface area is 137 Å². The second-order valence-electron chi connectivity index (χ2n) is 5.65. The van der Waals surface area contributed by atoms with E-state index in [0.717, 1.165) is 24.2 Å². The van der Waals surface area contributed by atoms with Gasteiger partial charge in [-0.1, -0.05) is 13.3 Å². The highest BCUT2D eigenvalue weighted by Gasteiger charge is 2.06. The average molecular weight is 318 g/mol. The molecule has 0 fully saturated rings. The van der Waals surface area contributed by atoms with Gasteiger partial charge in [0.2, 0.25) is 11.8 Å². The summed E-state index contributed by atoms with van der Waals surface area (Å²) in [7, 11) is 3.92. The second-order valence-corrected chi connectivity index (χ2v) is 5.65. The maximum Gasteiger partial charge on any atom is 0.240 e. The van der Waals surface area contributed by atoms with Crippen molar-refractivity contribution < 1.29 is 9.59 Å². The molecule has 1 rings (SSSR count). The lowest BCUT2D eigenvalue weighted by Gasteiger charge is -2.13. The van der Waals surface area contributed by atoms with Crippen LogP contribution in [0.3, 0.4) is 0 Å². The number of nitrogens with one attached hydrogen (secondary N) is 2. The largest absolute Gasteiger partial charge is 0.378 e. The first-order valence-electron chi connectivity index (χ1n) is 7.81. The van der Waals surface area contributed by atoms with E-state index in [9.17, 15) is 9.59 Å². The third-order valence-electron chi connectivity index (χ3n) is 3.21. The minimum absolute atomic E-state index is 0.120. The van der Waals surface area contributed by atoms with Gasteiger partial charge in [-0.2, -0.15) is 5.10 Å². The van der Waals surface area contributed by atoms with E-state index in [2.05, 4.69) is 15.8 Å². The molecule has 6 nitrogen and oxygen atoms in total. The van der Waals surface area contributed by atoms with Crippen LogP contribution in [-0.2, 0) is 9.59 Å². The molecule has 0 aromatic heterocycles. The summed E-state index contributed by atoms with van der Waals surface area (Å²) in [6, 6.07) is 7.58. The van der Waals surface area contributed by atoms with E-state index >= 15 is 0 Å². The zero-order valence-electron chi connectivity index (χ0n) is 14.3. The van der Waals surface area contributed by atoms with Crippen LogP contribution in [0.1, 0.15) is 39.5 Å². The van der Waals surface area contributed by atoms with Gasteiger partial charge >= 0.3 is 0 Å². The van der Waals surface area contributed by atoms with Crippen LogP contribution < -0.4 is 15.6 Å². The number of hydrogen-bond acceptors (Lipinski definition) is 4. The Morgan fingerprint density at radius 3 is 2.35 bits per heavy atom. The van der Waals surface area contributed by atoms with Gasteiger partial charge in [-0.05, 0) is 37.6 Å². The van der Waals surface area contributed by atoms with Gasteiger partial charge in [0.1, 0.15) is 0 Å². The second kappa shape index (κ2) is 9.61. The predicted molar refractivity (Wildman–Crippen MR) is 94.8 cm³/mol. The number of hydrazone groups is 1. The highest BCUT2D eigenvalue weighted by Crippen LogP contribution is 2.15. The fourth-order valence-electron chi connectivity index (χ4n) is 1.87. The maximum absolute atomic E-state index is 11.9. The standard InChI is InChI=1S/C17H26N4O2/c1-5-6-7-16(22)20-19-13(2)12-17(23)18-14-8-10-15(11-9-14)21(3)4/h8-11H,5-7,12H2,1-4H3,(H,18,23)(H,20,22)/b19-13-. The zero-order valence-corrected chi connectivity index (χ0v) is 14.3.